The minimum atomic E-state index is -0.307. The predicted molar refractivity (Wildman–Crippen MR) is 111 cm³/mol. The molecule has 0 radical (unpaired) electrons. The lowest BCUT2D eigenvalue weighted by molar-refractivity contribution is 0.116. The molecular formula is C21H20N4O3S. The van der Waals surface area contributed by atoms with Crippen molar-refractivity contribution in [3.8, 4) is 23.0 Å². The van der Waals surface area contributed by atoms with E-state index in [4.69, 9.17) is 9.15 Å². The maximum absolute atomic E-state index is 10.2. The van der Waals surface area contributed by atoms with Crippen LogP contribution in [0.1, 0.15) is 25.7 Å². The fraction of sp³-hybridized carbons (Fsp3) is 0.286. The van der Waals surface area contributed by atoms with Gasteiger partial charge < -0.3 is 19.6 Å². The van der Waals surface area contributed by atoms with Crippen LogP contribution in [0.15, 0.2) is 53.5 Å². The van der Waals surface area contributed by atoms with Crippen molar-refractivity contribution in [1.82, 2.24) is 15.0 Å². The lowest BCUT2D eigenvalue weighted by Crippen LogP contribution is -2.36. The number of rotatable bonds is 5. The van der Waals surface area contributed by atoms with Crippen molar-refractivity contribution in [1.29, 1.82) is 0 Å². The number of hydrogen-bond donors (Lipinski definition) is 2. The number of oxazole rings is 1. The molecular weight excluding hydrogens is 388 g/mol. The Balaban J connectivity index is 1.34. The lowest BCUT2D eigenvalue weighted by Gasteiger charge is -2.27. The van der Waals surface area contributed by atoms with Crippen LogP contribution in [-0.2, 0) is 0 Å². The maximum atomic E-state index is 10.2. The van der Waals surface area contributed by atoms with Crippen LogP contribution < -0.4 is 10.1 Å². The number of ether oxygens (including phenoxy) is 1. The highest BCUT2D eigenvalue weighted by atomic mass is 32.1. The molecule has 1 fully saturated rings. The lowest BCUT2D eigenvalue weighted by atomic mass is 9.93. The summed E-state index contributed by atoms with van der Waals surface area (Å²) in [6, 6.07) is 7.71. The molecule has 3 heterocycles. The molecule has 1 aliphatic rings. The molecule has 8 heteroatoms. The SMILES string of the molecule is O[C@@H]1CCCC[C@H]1Nc1nc2ccc(Oc3cncc(-c4ncco4)c3)cc2s1. The zero-order valence-corrected chi connectivity index (χ0v) is 16.4. The van der Waals surface area contributed by atoms with Crippen molar-refractivity contribution < 1.29 is 14.3 Å². The Morgan fingerprint density at radius 3 is 2.93 bits per heavy atom. The highest BCUT2D eigenvalue weighted by molar-refractivity contribution is 7.22. The number of aliphatic hydroxyl groups is 1. The van der Waals surface area contributed by atoms with Crippen LogP contribution in [-0.4, -0.2) is 32.2 Å². The average molecular weight is 408 g/mol. The summed E-state index contributed by atoms with van der Waals surface area (Å²) in [7, 11) is 0. The van der Waals surface area contributed by atoms with E-state index in [1.807, 2.05) is 24.3 Å². The van der Waals surface area contributed by atoms with Crippen LogP contribution in [0, 0.1) is 0 Å². The largest absolute Gasteiger partial charge is 0.456 e. The first kappa shape index (κ1) is 18.1. The Hall–Kier alpha value is -2.97. The van der Waals surface area contributed by atoms with E-state index in [-0.39, 0.29) is 12.1 Å². The second-order valence-electron chi connectivity index (χ2n) is 7.10. The fourth-order valence-electron chi connectivity index (χ4n) is 3.56. The van der Waals surface area contributed by atoms with Gasteiger partial charge >= 0.3 is 0 Å². The summed E-state index contributed by atoms with van der Waals surface area (Å²) >= 11 is 1.56. The van der Waals surface area contributed by atoms with Crippen molar-refractivity contribution in [3.05, 3.63) is 49.1 Å². The number of anilines is 1. The fourth-order valence-corrected chi connectivity index (χ4v) is 4.52. The number of fused-ring (bicyclic) bond motifs is 1. The van der Waals surface area contributed by atoms with Crippen LogP contribution in [0.25, 0.3) is 21.7 Å². The molecule has 1 aliphatic carbocycles. The average Bonchev–Trinajstić information content (AvgIpc) is 3.39. The number of thiazole rings is 1. The standard InChI is InChI=1S/C21H20N4O3S/c26-18-4-2-1-3-16(18)24-21-25-17-6-5-14(10-19(17)29-21)28-15-9-13(11-22-12-15)20-23-7-8-27-20/h5-12,16,18,26H,1-4H2,(H,24,25)/t16-,18-/m1/s1. The zero-order valence-electron chi connectivity index (χ0n) is 15.6. The van der Waals surface area contributed by atoms with Crippen LogP contribution in [0.2, 0.25) is 0 Å². The molecule has 29 heavy (non-hydrogen) atoms. The van der Waals surface area contributed by atoms with Gasteiger partial charge in [-0.25, -0.2) is 9.97 Å². The second kappa shape index (κ2) is 7.81. The molecule has 0 bridgehead atoms. The summed E-state index contributed by atoms with van der Waals surface area (Å²) in [5, 5.41) is 14.4. The van der Waals surface area contributed by atoms with Crippen LogP contribution >= 0.6 is 11.3 Å². The van der Waals surface area contributed by atoms with E-state index < -0.39 is 0 Å². The number of aliphatic hydroxyl groups excluding tert-OH is 1. The summed E-state index contributed by atoms with van der Waals surface area (Å²) in [5.41, 5.74) is 1.66. The number of benzene rings is 1. The monoisotopic (exact) mass is 408 g/mol. The molecule has 0 spiro atoms. The van der Waals surface area contributed by atoms with E-state index in [1.165, 1.54) is 6.26 Å². The Morgan fingerprint density at radius 1 is 1.14 bits per heavy atom. The second-order valence-corrected chi connectivity index (χ2v) is 8.13. The third kappa shape index (κ3) is 3.94. The van der Waals surface area contributed by atoms with Gasteiger partial charge in [-0.15, -0.1) is 0 Å². The summed E-state index contributed by atoms with van der Waals surface area (Å²) < 4.78 is 12.3. The Labute approximate surface area is 171 Å². The third-order valence-electron chi connectivity index (χ3n) is 5.03. The highest BCUT2D eigenvalue weighted by Crippen LogP contribution is 2.33. The molecule has 7 nitrogen and oxygen atoms in total. The van der Waals surface area contributed by atoms with Crippen LogP contribution in [0.4, 0.5) is 5.13 Å². The molecule has 0 amide bonds. The van der Waals surface area contributed by atoms with E-state index in [9.17, 15) is 5.11 Å². The van der Waals surface area contributed by atoms with Gasteiger partial charge in [-0.2, -0.15) is 0 Å². The van der Waals surface area contributed by atoms with Gasteiger partial charge in [-0.3, -0.25) is 4.98 Å². The quantitative estimate of drug-likeness (QED) is 0.487. The van der Waals surface area contributed by atoms with Gasteiger partial charge in [0.2, 0.25) is 5.89 Å². The maximum Gasteiger partial charge on any atom is 0.227 e. The number of nitrogens with zero attached hydrogens (tertiary/aromatic N) is 3. The summed E-state index contributed by atoms with van der Waals surface area (Å²) in [4.78, 5) is 13.0. The van der Waals surface area contributed by atoms with E-state index in [0.717, 1.165) is 46.6 Å². The van der Waals surface area contributed by atoms with Gasteiger partial charge in [-0.1, -0.05) is 24.2 Å². The molecule has 0 aliphatic heterocycles. The topological polar surface area (TPSA) is 93.3 Å². The molecule has 1 saturated carbocycles. The van der Waals surface area contributed by atoms with Crippen molar-refractivity contribution in [2.24, 2.45) is 0 Å². The van der Waals surface area contributed by atoms with Gasteiger partial charge in [0.15, 0.2) is 5.13 Å². The van der Waals surface area contributed by atoms with E-state index >= 15 is 0 Å². The highest BCUT2D eigenvalue weighted by Gasteiger charge is 2.23. The van der Waals surface area contributed by atoms with E-state index in [2.05, 4.69) is 20.3 Å². The van der Waals surface area contributed by atoms with Crippen molar-refractivity contribution in [3.63, 3.8) is 0 Å². The molecule has 148 valence electrons. The normalized spacial score (nSPS) is 19.3. The third-order valence-corrected chi connectivity index (χ3v) is 5.98. The first-order valence-electron chi connectivity index (χ1n) is 9.62. The minimum absolute atomic E-state index is 0.0732. The van der Waals surface area contributed by atoms with Gasteiger partial charge in [0.1, 0.15) is 17.8 Å². The van der Waals surface area contributed by atoms with Crippen LogP contribution in [0.5, 0.6) is 11.5 Å². The van der Waals surface area contributed by atoms with E-state index in [0.29, 0.717) is 17.4 Å². The summed E-state index contributed by atoms with van der Waals surface area (Å²) in [6.07, 6.45) is 10.2. The summed E-state index contributed by atoms with van der Waals surface area (Å²) in [5.74, 6) is 1.81. The molecule has 4 aromatic rings. The van der Waals surface area contributed by atoms with E-state index in [1.54, 1.807) is 29.9 Å². The molecule has 0 unspecified atom stereocenters. The minimum Gasteiger partial charge on any atom is -0.456 e. The molecule has 2 N–H and O–H groups in total. The first-order valence-corrected chi connectivity index (χ1v) is 10.4. The molecule has 1 aromatic carbocycles. The Bertz CT molecular complexity index is 1110. The Kier molecular flexibility index (Phi) is 4.87. The smallest absolute Gasteiger partial charge is 0.227 e. The Morgan fingerprint density at radius 2 is 2.07 bits per heavy atom. The van der Waals surface area contributed by atoms with Gasteiger partial charge in [0, 0.05) is 12.3 Å². The first-order chi connectivity index (χ1) is 14.2. The van der Waals surface area contributed by atoms with Gasteiger partial charge in [-0.05, 0) is 31.0 Å². The van der Waals surface area contributed by atoms with Crippen molar-refractivity contribution in [2.45, 2.75) is 37.8 Å². The molecule has 3 aromatic heterocycles. The molecule has 2 atom stereocenters. The van der Waals surface area contributed by atoms with Crippen molar-refractivity contribution >= 4 is 26.7 Å². The number of nitrogens with one attached hydrogen (secondary N) is 1. The molecule has 0 saturated heterocycles. The number of hydrogen-bond acceptors (Lipinski definition) is 8. The van der Waals surface area contributed by atoms with Crippen LogP contribution in [0.3, 0.4) is 0 Å². The van der Waals surface area contributed by atoms with Gasteiger partial charge in [0.25, 0.3) is 0 Å². The molecule has 5 rings (SSSR count). The predicted octanol–water partition coefficient (Wildman–Crippen LogP) is 4.85. The van der Waals surface area contributed by atoms with Gasteiger partial charge in [0.05, 0.1) is 40.3 Å². The number of aromatic nitrogens is 3. The summed E-state index contributed by atoms with van der Waals surface area (Å²) in [6.45, 7) is 0. The number of pyridine rings is 1. The zero-order chi connectivity index (χ0) is 19.6. The van der Waals surface area contributed by atoms with Crippen molar-refractivity contribution in [2.75, 3.05) is 5.32 Å².